The summed E-state index contributed by atoms with van der Waals surface area (Å²) in [6.45, 7) is 5.91. The molecule has 1 saturated heterocycles. The summed E-state index contributed by atoms with van der Waals surface area (Å²) in [5.74, 6) is 1.02. The van der Waals surface area contributed by atoms with Crippen molar-refractivity contribution in [3.8, 4) is 5.75 Å². The summed E-state index contributed by atoms with van der Waals surface area (Å²) in [5.41, 5.74) is 0.882. The summed E-state index contributed by atoms with van der Waals surface area (Å²) in [6, 6.07) is 4.71. The molecular formula is C15H22FNO2. The van der Waals surface area contributed by atoms with E-state index in [4.69, 9.17) is 9.47 Å². The molecule has 1 N–H and O–H groups in total. The first kappa shape index (κ1) is 14.3. The molecule has 19 heavy (non-hydrogen) atoms. The van der Waals surface area contributed by atoms with Gasteiger partial charge in [-0.1, -0.05) is 6.92 Å². The Kier molecular flexibility index (Phi) is 5.61. The minimum Gasteiger partial charge on any atom is -0.493 e. The van der Waals surface area contributed by atoms with Gasteiger partial charge in [-0.3, -0.25) is 0 Å². The number of ether oxygens (including phenoxy) is 2. The Hall–Kier alpha value is -1.13. The predicted octanol–water partition coefficient (Wildman–Crippen LogP) is 2.74. The second-order valence-corrected chi connectivity index (χ2v) is 4.97. The van der Waals surface area contributed by atoms with Crippen LogP contribution in [0, 0.1) is 11.7 Å². The smallest absolute Gasteiger partial charge is 0.123 e. The van der Waals surface area contributed by atoms with Crippen LogP contribution in [-0.4, -0.2) is 26.4 Å². The monoisotopic (exact) mass is 267 g/mol. The van der Waals surface area contributed by atoms with E-state index in [9.17, 15) is 4.39 Å². The van der Waals surface area contributed by atoms with Crippen molar-refractivity contribution in [2.75, 3.05) is 26.4 Å². The predicted molar refractivity (Wildman–Crippen MR) is 72.8 cm³/mol. The van der Waals surface area contributed by atoms with Gasteiger partial charge in [-0.15, -0.1) is 0 Å². The van der Waals surface area contributed by atoms with Crippen LogP contribution in [0.15, 0.2) is 18.2 Å². The van der Waals surface area contributed by atoms with E-state index in [1.807, 2.05) is 0 Å². The lowest BCUT2D eigenvalue weighted by Gasteiger charge is -2.14. The fraction of sp³-hybridized carbons (Fsp3) is 0.600. The fourth-order valence-electron chi connectivity index (χ4n) is 2.15. The molecule has 0 aromatic heterocycles. The highest BCUT2D eigenvalue weighted by atomic mass is 19.1. The molecule has 2 rings (SSSR count). The minimum absolute atomic E-state index is 0.218. The second kappa shape index (κ2) is 7.46. The van der Waals surface area contributed by atoms with Crippen LogP contribution in [0.3, 0.4) is 0 Å². The number of halogens is 1. The van der Waals surface area contributed by atoms with Gasteiger partial charge in [0.2, 0.25) is 0 Å². The zero-order chi connectivity index (χ0) is 13.5. The van der Waals surface area contributed by atoms with Gasteiger partial charge < -0.3 is 14.8 Å². The van der Waals surface area contributed by atoms with Gasteiger partial charge in [0.1, 0.15) is 11.6 Å². The molecule has 0 bridgehead atoms. The largest absolute Gasteiger partial charge is 0.493 e. The minimum atomic E-state index is -0.218. The Morgan fingerprint density at radius 2 is 2.37 bits per heavy atom. The van der Waals surface area contributed by atoms with Crippen molar-refractivity contribution < 1.29 is 13.9 Å². The van der Waals surface area contributed by atoms with E-state index in [1.165, 1.54) is 6.07 Å². The van der Waals surface area contributed by atoms with Crippen LogP contribution in [0.25, 0.3) is 0 Å². The van der Waals surface area contributed by atoms with Crippen molar-refractivity contribution >= 4 is 0 Å². The fourth-order valence-corrected chi connectivity index (χ4v) is 2.15. The third-order valence-electron chi connectivity index (χ3n) is 3.26. The molecular weight excluding hydrogens is 245 g/mol. The standard InChI is InChI=1S/C15H22FNO2/c1-2-6-17-9-13-8-14(16)3-4-15(13)19-11-12-5-7-18-10-12/h3-4,8,12,17H,2,5-7,9-11H2,1H3. The van der Waals surface area contributed by atoms with E-state index in [0.717, 1.165) is 43.9 Å². The lowest BCUT2D eigenvalue weighted by Crippen LogP contribution is -2.16. The molecule has 3 nitrogen and oxygen atoms in total. The molecule has 1 fully saturated rings. The lowest BCUT2D eigenvalue weighted by molar-refractivity contribution is 0.166. The summed E-state index contributed by atoms with van der Waals surface area (Å²) in [4.78, 5) is 0. The molecule has 1 aliphatic heterocycles. The van der Waals surface area contributed by atoms with Crippen LogP contribution in [0.2, 0.25) is 0 Å². The number of nitrogens with one attached hydrogen (secondary N) is 1. The molecule has 1 atom stereocenters. The Labute approximate surface area is 114 Å². The van der Waals surface area contributed by atoms with E-state index in [1.54, 1.807) is 12.1 Å². The highest BCUT2D eigenvalue weighted by Gasteiger charge is 2.17. The van der Waals surface area contributed by atoms with E-state index in [-0.39, 0.29) is 5.82 Å². The first-order valence-corrected chi connectivity index (χ1v) is 6.99. The van der Waals surface area contributed by atoms with Gasteiger partial charge >= 0.3 is 0 Å². The molecule has 1 aliphatic rings. The average molecular weight is 267 g/mol. The normalized spacial score (nSPS) is 18.7. The summed E-state index contributed by atoms with van der Waals surface area (Å²) in [5, 5.41) is 3.28. The van der Waals surface area contributed by atoms with Crippen LogP contribution in [0.1, 0.15) is 25.3 Å². The number of hydrogen-bond donors (Lipinski definition) is 1. The second-order valence-electron chi connectivity index (χ2n) is 4.97. The average Bonchev–Trinajstić information content (AvgIpc) is 2.91. The van der Waals surface area contributed by atoms with Crippen LogP contribution in [-0.2, 0) is 11.3 Å². The maximum absolute atomic E-state index is 13.3. The lowest BCUT2D eigenvalue weighted by atomic mass is 10.1. The third kappa shape index (κ3) is 4.48. The van der Waals surface area contributed by atoms with Gasteiger partial charge in [-0.2, -0.15) is 0 Å². The Balaban J connectivity index is 1.92. The van der Waals surface area contributed by atoms with Crippen LogP contribution in [0.5, 0.6) is 5.75 Å². The molecule has 0 amide bonds. The maximum Gasteiger partial charge on any atom is 0.123 e. The quantitative estimate of drug-likeness (QED) is 0.771. The van der Waals surface area contributed by atoms with Gasteiger partial charge in [0, 0.05) is 24.6 Å². The molecule has 0 saturated carbocycles. The zero-order valence-corrected chi connectivity index (χ0v) is 11.5. The van der Waals surface area contributed by atoms with Crippen LogP contribution < -0.4 is 10.1 Å². The summed E-state index contributed by atoms with van der Waals surface area (Å²) < 4.78 is 24.4. The van der Waals surface area contributed by atoms with E-state index < -0.39 is 0 Å². The van der Waals surface area contributed by atoms with E-state index >= 15 is 0 Å². The van der Waals surface area contributed by atoms with Gasteiger partial charge in [0.15, 0.2) is 0 Å². The van der Waals surface area contributed by atoms with E-state index in [2.05, 4.69) is 12.2 Å². The SMILES string of the molecule is CCCNCc1cc(F)ccc1OCC1CCOC1. The van der Waals surface area contributed by atoms with Crippen LogP contribution in [0.4, 0.5) is 4.39 Å². The molecule has 4 heteroatoms. The van der Waals surface area contributed by atoms with Crippen molar-refractivity contribution in [1.29, 1.82) is 0 Å². The molecule has 106 valence electrons. The first-order valence-electron chi connectivity index (χ1n) is 6.99. The molecule has 0 radical (unpaired) electrons. The van der Waals surface area contributed by atoms with Crippen molar-refractivity contribution in [3.63, 3.8) is 0 Å². The van der Waals surface area contributed by atoms with Gasteiger partial charge in [-0.25, -0.2) is 4.39 Å². The van der Waals surface area contributed by atoms with Crippen molar-refractivity contribution in [3.05, 3.63) is 29.6 Å². The molecule has 0 spiro atoms. The highest BCUT2D eigenvalue weighted by Crippen LogP contribution is 2.22. The first-order chi connectivity index (χ1) is 9.29. The van der Waals surface area contributed by atoms with Crippen molar-refractivity contribution in [2.45, 2.75) is 26.3 Å². The summed E-state index contributed by atoms with van der Waals surface area (Å²) >= 11 is 0. The van der Waals surface area contributed by atoms with Gasteiger partial charge in [0.25, 0.3) is 0 Å². The van der Waals surface area contributed by atoms with E-state index in [0.29, 0.717) is 19.1 Å². The molecule has 1 unspecified atom stereocenters. The number of hydrogen-bond acceptors (Lipinski definition) is 3. The van der Waals surface area contributed by atoms with Crippen molar-refractivity contribution in [1.82, 2.24) is 5.32 Å². The van der Waals surface area contributed by atoms with Gasteiger partial charge in [-0.05, 0) is 37.6 Å². The molecule has 0 aliphatic carbocycles. The molecule has 1 heterocycles. The highest BCUT2D eigenvalue weighted by molar-refractivity contribution is 5.34. The third-order valence-corrected chi connectivity index (χ3v) is 3.26. The summed E-state index contributed by atoms with van der Waals surface area (Å²) in [7, 11) is 0. The number of benzene rings is 1. The summed E-state index contributed by atoms with van der Waals surface area (Å²) in [6.07, 6.45) is 2.11. The molecule has 1 aromatic carbocycles. The maximum atomic E-state index is 13.3. The Bertz CT molecular complexity index is 392. The van der Waals surface area contributed by atoms with Crippen LogP contribution >= 0.6 is 0 Å². The topological polar surface area (TPSA) is 30.5 Å². The molecule has 1 aromatic rings. The van der Waals surface area contributed by atoms with Gasteiger partial charge in [0.05, 0.1) is 13.2 Å². The number of rotatable bonds is 7. The zero-order valence-electron chi connectivity index (χ0n) is 11.5. The Morgan fingerprint density at radius 3 is 3.11 bits per heavy atom. The van der Waals surface area contributed by atoms with Crippen molar-refractivity contribution in [2.24, 2.45) is 5.92 Å². The Morgan fingerprint density at radius 1 is 1.47 bits per heavy atom.